The molecule has 101 heavy (non-hydrogen) atoms. The molecule has 0 unspecified atom stereocenters. The normalized spacial score (nSPS) is 17.0. The highest BCUT2D eigenvalue weighted by Crippen LogP contribution is 2.57. The third-order valence-corrected chi connectivity index (χ3v) is 24.8. The lowest BCUT2D eigenvalue weighted by Crippen LogP contribution is -2.41. The van der Waals surface area contributed by atoms with Gasteiger partial charge in [-0.25, -0.2) is 9.97 Å². The number of para-hydroxylation sites is 2. The molecule has 4 aromatic heterocycles. The van der Waals surface area contributed by atoms with Crippen molar-refractivity contribution < 1.29 is 37.7 Å². The van der Waals surface area contributed by atoms with E-state index in [2.05, 4.69) is 78.2 Å². The van der Waals surface area contributed by atoms with Crippen molar-refractivity contribution in [2.75, 3.05) is 89.1 Å². The number of aromatic amines is 2. The van der Waals surface area contributed by atoms with Crippen LogP contribution in [0.2, 0.25) is 0 Å². The summed E-state index contributed by atoms with van der Waals surface area (Å²) in [6.07, 6.45) is 21.4. The molecule has 7 heterocycles. The molecule has 0 amide bonds. The molecular formula is C80H101BBrN10O8P. The number of H-pyrrole nitrogens is 2. The van der Waals surface area contributed by atoms with E-state index in [1.807, 2.05) is 114 Å². The molecule has 0 radical (unpaired) electrons. The van der Waals surface area contributed by atoms with Gasteiger partial charge in [-0.3, -0.25) is 0 Å². The van der Waals surface area contributed by atoms with E-state index in [1.165, 1.54) is 95.5 Å². The number of halogens is 1. The highest BCUT2D eigenvalue weighted by atomic mass is 79.9. The number of nitrogen functional groups attached to an aromatic ring is 2. The first-order chi connectivity index (χ1) is 49.1. The third-order valence-electron chi connectivity index (χ3n) is 20.8. The Hall–Kier alpha value is -8.03. The van der Waals surface area contributed by atoms with Gasteiger partial charge < -0.3 is 69.0 Å². The third kappa shape index (κ3) is 16.0. The van der Waals surface area contributed by atoms with E-state index >= 15 is 0 Å². The second kappa shape index (κ2) is 33.0. The Balaban J connectivity index is 0.000000130. The van der Waals surface area contributed by atoms with Crippen LogP contribution in [0.3, 0.4) is 0 Å². The van der Waals surface area contributed by atoms with Crippen LogP contribution >= 0.6 is 23.9 Å². The van der Waals surface area contributed by atoms with Gasteiger partial charge in [-0.2, -0.15) is 9.97 Å². The van der Waals surface area contributed by atoms with Gasteiger partial charge in [-0.15, -0.1) is 0 Å². The van der Waals surface area contributed by atoms with Crippen LogP contribution in [0.25, 0.3) is 66.1 Å². The summed E-state index contributed by atoms with van der Waals surface area (Å²) in [6.45, 7) is 17.1. The topological polar surface area (TPSA) is 215 Å². The average Bonchev–Trinajstić information content (AvgIpc) is 1.62. The minimum Gasteiger partial charge on any atom is -0.496 e. The van der Waals surface area contributed by atoms with Gasteiger partial charge in [0.1, 0.15) is 45.1 Å². The molecule has 3 aliphatic heterocycles. The standard InChI is InChI=1S/C26H35O2P.C24H27N5O2.C18H21BrN4O2.C12H18BNO2/c1-27-23-17-11-18-24(28-2)26(23)22-16-9-10-19-25(22)29(20-12-5-3-6-13-20)21-14-7-4-8-15-21;1-3-31-23-22-21(27-24(28-23)29-11-7-4-8-12-29)20-18(26-22)13-15(14-19(20)30-2)16-9-5-6-10-17(16)25;1-3-25-17-16-15(21-18(22-17)23-7-5-4-6-8-23)14-12(20-16)9-11(19)10-13(14)24-2;1-11(2)12(3,4)16-13(15-11)9-7-5-6-8-10(9)14/h9-11,16-21H,3-8,12-15H2,1-2H3;5-6,9-10,13-14,26H,3-4,7-8,11-12,25H2,1-2H3;9-10,20H,3-8H2,1-2H3;5-8H,14H2,1-4H3. The van der Waals surface area contributed by atoms with E-state index in [0.717, 1.165) is 161 Å². The summed E-state index contributed by atoms with van der Waals surface area (Å²) in [5, 5.41) is 3.48. The maximum Gasteiger partial charge on any atom is 0.496 e. The molecule has 21 heteroatoms. The number of anilines is 4. The highest BCUT2D eigenvalue weighted by molar-refractivity contribution is 9.10. The van der Waals surface area contributed by atoms with Crippen LogP contribution in [-0.2, 0) is 9.31 Å². The Kier molecular flexibility index (Phi) is 23.7. The first-order valence-corrected chi connectivity index (χ1v) is 38.7. The van der Waals surface area contributed by atoms with Crippen molar-refractivity contribution in [3.8, 4) is 57.0 Å². The van der Waals surface area contributed by atoms with Crippen LogP contribution in [0.5, 0.6) is 34.8 Å². The fourth-order valence-electron chi connectivity index (χ4n) is 14.9. The molecule has 2 aliphatic carbocycles. The predicted octanol–water partition coefficient (Wildman–Crippen LogP) is 17.7. The van der Waals surface area contributed by atoms with Crippen LogP contribution in [0.15, 0.2) is 120 Å². The minimum absolute atomic E-state index is 0.182. The highest BCUT2D eigenvalue weighted by Gasteiger charge is 2.52. The number of nitrogens with two attached hydrogens (primary N) is 2. The lowest BCUT2D eigenvalue weighted by atomic mass is 9.78. The zero-order valence-corrected chi connectivity index (χ0v) is 63.2. The molecule has 534 valence electrons. The summed E-state index contributed by atoms with van der Waals surface area (Å²) < 4.78 is 47.5. The van der Waals surface area contributed by atoms with Gasteiger partial charge in [0.15, 0.2) is 0 Å². The van der Waals surface area contributed by atoms with Crippen LogP contribution < -0.4 is 60.5 Å². The second-order valence-corrected chi connectivity index (χ2v) is 31.5. The van der Waals surface area contributed by atoms with Crippen molar-refractivity contribution in [2.24, 2.45) is 0 Å². The lowest BCUT2D eigenvalue weighted by molar-refractivity contribution is 0.00578. The number of fused-ring (bicyclic) bond motifs is 6. The Morgan fingerprint density at radius 2 is 0.960 bits per heavy atom. The fourth-order valence-corrected chi connectivity index (χ4v) is 19.3. The molecule has 6 aromatic carbocycles. The minimum atomic E-state index is -0.369. The molecule has 0 atom stereocenters. The SMILES string of the molecule is CC1(C)OB(c2ccccc2N)OC1(C)C.CCOc1nc(N2CCCCC2)nc2c1[nH]c1cc(-c3ccccc3N)cc(OC)c12.CCOc1nc(N2CCCCC2)nc2c1[nH]c1cc(Br)cc(OC)c12.COc1cccc(OC)c1-c1ccccc1P(C1CCCCC1)C1CCCCC1. The van der Waals surface area contributed by atoms with Crippen molar-refractivity contribution >= 4 is 109 Å². The first-order valence-electron chi connectivity index (χ1n) is 36.4. The molecule has 18 nitrogen and oxygen atoms in total. The molecule has 2 saturated carbocycles. The Morgan fingerprint density at radius 1 is 0.515 bits per heavy atom. The number of hydrogen-bond acceptors (Lipinski definition) is 16. The summed E-state index contributed by atoms with van der Waals surface area (Å²) in [4.78, 5) is 30.7. The smallest absolute Gasteiger partial charge is 0.496 e. The van der Waals surface area contributed by atoms with Crippen molar-refractivity contribution in [1.29, 1.82) is 0 Å². The quantitative estimate of drug-likeness (QED) is 0.0402. The summed E-state index contributed by atoms with van der Waals surface area (Å²) in [5.41, 5.74) is 25.1. The van der Waals surface area contributed by atoms with Gasteiger partial charge in [0, 0.05) is 53.1 Å². The number of nitrogens with one attached hydrogen (secondary N) is 2. The maximum atomic E-state index is 6.23. The van der Waals surface area contributed by atoms with Gasteiger partial charge >= 0.3 is 7.12 Å². The predicted molar refractivity (Wildman–Crippen MR) is 420 cm³/mol. The molecule has 10 aromatic rings. The van der Waals surface area contributed by atoms with Gasteiger partial charge in [-0.05, 0) is 182 Å². The van der Waals surface area contributed by atoms with Crippen LogP contribution in [0, 0.1) is 0 Å². The van der Waals surface area contributed by atoms with Gasteiger partial charge in [0.05, 0.1) is 80.2 Å². The van der Waals surface area contributed by atoms with Gasteiger partial charge in [-0.1, -0.05) is 129 Å². The monoisotopic (exact) mass is 1450 g/mol. The first kappa shape index (κ1) is 72.8. The number of ether oxygens (including phenoxy) is 6. The van der Waals surface area contributed by atoms with Gasteiger partial charge in [0.25, 0.3) is 0 Å². The number of nitrogens with zero attached hydrogens (tertiary/aromatic N) is 6. The molecule has 3 saturated heterocycles. The summed E-state index contributed by atoms with van der Waals surface area (Å²) in [5.74, 6) is 5.98. The van der Waals surface area contributed by atoms with Crippen molar-refractivity contribution in [1.82, 2.24) is 29.9 Å². The molecule has 15 rings (SSSR count). The van der Waals surface area contributed by atoms with Gasteiger partial charge in [0.2, 0.25) is 23.7 Å². The van der Waals surface area contributed by atoms with E-state index in [4.69, 9.17) is 69.1 Å². The van der Waals surface area contributed by atoms with Crippen LogP contribution in [0.1, 0.15) is 144 Å². The Morgan fingerprint density at radius 3 is 1.45 bits per heavy atom. The summed E-state index contributed by atoms with van der Waals surface area (Å²) in [6, 6.07) is 38.9. The van der Waals surface area contributed by atoms with Crippen LogP contribution in [-0.4, -0.2) is 127 Å². The molecule has 5 fully saturated rings. The molecular weight excluding hydrogens is 1350 g/mol. The molecule has 6 N–H and O–H groups in total. The number of aromatic nitrogens is 6. The molecule has 5 aliphatic rings. The Bertz CT molecular complexity index is 4390. The van der Waals surface area contributed by atoms with Crippen molar-refractivity contribution in [3.63, 3.8) is 0 Å². The zero-order chi connectivity index (χ0) is 70.8. The maximum absolute atomic E-state index is 6.23. The number of rotatable bonds is 16. The van der Waals surface area contributed by atoms with Crippen molar-refractivity contribution in [2.45, 2.75) is 167 Å². The summed E-state index contributed by atoms with van der Waals surface area (Å²) in [7, 11) is 6.35. The van der Waals surface area contributed by atoms with E-state index in [0.29, 0.717) is 30.7 Å². The average molecular weight is 1450 g/mol. The number of hydrogen-bond donors (Lipinski definition) is 4. The van der Waals surface area contributed by atoms with E-state index in [1.54, 1.807) is 33.7 Å². The van der Waals surface area contributed by atoms with Crippen molar-refractivity contribution in [3.05, 3.63) is 120 Å². The summed E-state index contributed by atoms with van der Waals surface area (Å²) >= 11 is 3.53. The van der Waals surface area contributed by atoms with Crippen LogP contribution in [0.4, 0.5) is 23.3 Å². The number of methoxy groups -OCH3 is 4. The number of benzene rings is 6. The second-order valence-electron chi connectivity index (χ2n) is 27.8. The van der Waals surface area contributed by atoms with E-state index in [9.17, 15) is 0 Å². The fraction of sp³-hybridized carbons (Fsp3) is 0.450. The largest absolute Gasteiger partial charge is 0.496 e. The molecule has 0 spiro atoms. The Labute approximate surface area is 605 Å². The molecule has 0 bridgehead atoms. The zero-order valence-electron chi connectivity index (χ0n) is 60.7. The lowest BCUT2D eigenvalue weighted by Gasteiger charge is -2.39. The number of piperidine rings is 2. The van der Waals surface area contributed by atoms with E-state index in [-0.39, 0.29) is 26.2 Å². The van der Waals surface area contributed by atoms with E-state index < -0.39 is 0 Å².